The SMILES string of the molecule is CC(=O)N[C@H]1[C@@H](COCc2ccccc2)CC(=O)[C@@H](OCc2ccccc2)[C@@H]1OCc1ccccc1. The smallest absolute Gasteiger partial charge is 0.217 e. The number of ether oxygens (including phenoxy) is 3. The van der Waals surface area contributed by atoms with Gasteiger partial charge in [-0.25, -0.2) is 0 Å². The number of hydrogen-bond donors (Lipinski definition) is 1. The second-order valence-electron chi connectivity index (χ2n) is 9.14. The molecule has 1 aliphatic rings. The molecule has 3 aromatic rings. The van der Waals surface area contributed by atoms with Crippen molar-refractivity contribution in [1.82, 2.24) is 5.32 Å². The summed E-state index contributed by atoms with van der Waals surface area (Å²) in [6, 6.07) is 28.9. The predicted molar refractivity (Wildman–Crippen MR) is 137 cm³/mol. The van der Waals surface area contributed by atoms with Gasteiger partial charge in [0, 0.05) is 19.3 Å². The highest BCUT2D eigenvalue weighted by atomic mass is 16.5. The lowest BCUT2D eigenvalue weighted by Gasteiger charge is -2.41. The Morgan fingerprint density at radius 3 is 1.81 bits per heavy atom. The summed E-state index contributed by atoms with van der Waals surface area (Å²) in [7, 11) is 0. The summed E-state index contributed by atoms with van der Waals surface area (Å²) < 4.78 is 18.5. The topological polar surface area (TPSA) is 73.9 Å². The summed E-state index contributed by atoms with van der Waals surface area (Å²) in [6.07, 6.45) is -1.20. The maximum Gasteiger partial charge on any atom is 0.217 e. The summed E-state index contributed by atoms with van der Waals surface area (Å²) in [6.45, 7) is 2.82. The first-order valence-electron chi connectivity index (χ1n) is 12.3. The number of benzene rings is 3. The lowest BCUT2D eigenvalue weighted by molar-refractivity contribution is -0.164. The van der Waals surface area contributed by atoms with E-state index in [1.807, 2.05) is 91.0 Å². The Hall–Kier alpha value is -3.32. The van der Waals surface area contributed by atoms with Crippen LogP contribution in [-0.4, -0.2) is 36.5 Å². The van der Waals surface area contributed by atoms with Crippen molar-refractivity contribution in [3.8, 4) is 0 Å². The standard InChI is InChI=1S/C30H33NO5/c1-22(32)31-28-26(21-34-18-23-11-5-2-6-12-23)17-27(33)29(35-19-24-13-7-3-8-14-24)30(28)36-20-25-15-9-4-10-16-25/h2-16,26,28-30H,17-21H2,1H3,(H,31,32)/t26-,28+,29-,30-/m1/s1. The van der Waals surface area contributed by atoms with E-state index in [9.17, 15) is 9.59 Å². The van der Waals surface area contributed by atoms with Crippen LogP contribution in [0, 0.1) is 5.92 Å². The van der Waals surface area contributed by atoms with Gasteiger partial charge in [0.05, 0.1) is 32.5 Å². The molecule has 1 fully saturated rings. The monoisotopic (exact) mass is 487 g/mol. The van der Waals surface area contributed by atoms with Gasteiger partial charge in [-0.05, 0) is 16.7 Å². The zero-order chi connectivity index (χ0) is 25.2. The van der Waals surface area contributed by atoms with Crippen molar-refractivity contribution >= 4 is 11.7 Å². The van der Waals surface area contributed by atoms with Crippen LogP contribution in [-0.2, 0) is 43.6 Å². The number of hydrogen-bond acceptors (Lipinski definition) is 5. The minimum atomic E-state index is -0.795. The number of Topliss-reactive ketones (excluding diaryl/α,β-unsaturated/α-hetero) is 1. The maximum absolute atomic E-state index is 13.3. The van der Waals surface area contributed by atoms with Gasteiger partial charge in [-0.1, -0.05) is 91.0 Å². The van der Waals surface area contributed by atoms with Gasteiger partial charge in [0.1, 0.15) is 12.2 Å². The number of carbonyl (C=O) groups excluding carboxylic acids is 2. The molecule has 0 saturated heterocycles. The molecule has 4 rings (SSSR count). The van der Waals surface area contributed by atoms with Crippen LogP contribution >= 0.6 is 0 Å². The van der Waals surface area contributed by atoms with Gasteiger partial charge in [-0.2, -0.15) is 0 Å². The number of amides is 1. The summed E-state index contributed by atoms with van der Waals surface area (Å²) in [5, 5.41) is 3.04. The van der Waals surface area contributed by atoms with Crippen molar-refractivity contribution < 1.29 is 23.8 Å². The predicted octanol–water partition coefficient (Wildman–Crippen LogP) is 4.47. The van der Waals surface area contributed by atoms with E-state index >= 15 is 0 Å². The van der Waals surface area contributed by atoms with Crippen LogP contribution in [0.3, 0.4) is 0 Å². The Kier molecular flexibility index (Phi) is 9.39. The van der Waals surface area contributed by atoms with Crippen molar-refractivity contribution in [2.45, 2.75) is 51.4 Å². The molecule has 0 aliphatic heterocycles. The number of rotatable bonds is 11. The van der Waals surface area contributed by atoms with E-state index in [0.29, 0.717) is 19.8 Å². The van der Waals surface area contributed by atoms with Crippen LogP contribution in [0.25, 0.3) is 0 Å². The van der Waals surface area contributed by atoms with Crippen LogP contribution in [0.2, 0.25) is 0 Å². The second-order valence-corrected chi connectivity index (χ2v) is 9.14. The molecular formula is C30H33NO5. The highest BCUT2D eigenvalue weighted by Crippen LogP contribution is 2.29. The van der Waals surface area contributed by atoms with E-state index in [-0.39, 0.29) is 30.6 Å². The second kappa shape index (κ2) is 13.1. The van der Waals surface area contributed by atoms with Gasteiger partial charge in [0.25, 0.3) is 0 Å². The molecule has 36 heavy (non-hydrogen) atoms. The molecule has 6 heteroatoms. The average Bonchev–Trinajstić information content (AvgIpc) is 2.90. The Bertz CT molecular complexity index is 1090. The maximum atomic E-state index is 13.3. The minimum Gasteiger partial charge on any atom is -0.376 e. The van der Waals surface area contributed by atoms with Crippen LogP contribution in [0.1, 0.15) is 30.0 Å². The molecule has 0 bridgehead atoms. The third-order valence-corrected chi connectivity index (χ3v) is 6.31. The van der Waals surface area contributed by atoms with Gasteiger partial charge in [-0.3, -0.25) is 9.59 Å². The Balaban J connectivity index is 1.51. The lowest BCUT2D eigenvalue weighted by atomic mass is 9.79. The van der Waals surface area contributed by atoms with Crippen molar-refractivity contribution in [3.63, 3.8) is 0 Å². The normalized spacial score (nSPS) is 21.8. The summed E-state index contributed by atoms with van der Waals surface area (Å²) in [5.74, 6) is -0.459. The molecule has 1 N–H and O–H groups in total. The fourth-order valence-corrected chi connectivity index (χ4v) is 4.55. The largest absolute Gasteiger partial charge is 0.376 e. The lowest BCUT2D eigenvalue weighted by Crippen LogP contribution is -2.61. The zero-order valence-corrected chi connectivity index (χ0v) is 20.5. The summed E-state index contributed by atoms with van der Waals surface area (Å²) >= 11 is 0. The van der Waals surface area contributed by atoms with Crippen molar-refractivity contribution in [3.05, 3.63) is 108 Å². The van der Waals surface area contributed by atoms with Gasteiger partial charge < -0.3 is 19.5 Å². The number of nitrogens with one attached hydrogen (secondary N) is 1. The fraction of sp³-hybridized carbons (Fsp3) is 0.333. The molecule has 0 heterocycles. The molecule has 188 valence electrons. The molecule has 4 atom stereocenters. The molecular weight excluding hydrogens is 454 g/mol. The van der Waals surface area contributed by atoms with E-state index in [1.165, 1.54) is 6.92 Å². The molecule has 3 aromatic carbocycles. The van der Waals surface area contributed by atoms with E-state index in [4.69, 9.17) is 14.2 Å². The van der Waals surface area contributed by atoms with Gasteiger partial charge >= 0.3 is 0 Å². The fourth-order valence-electron chi connectivity index (χ4n) is 4.55. The quantitative estimate of drug-likeness (QED) is 0.432. The van der Waals surface area contributed by atoms with Gasteiger partial charge in [0.15, 0.2) is 5.78 Å². The summed E-state index contributed by atoms with van der Waals surface area (Å²) in [5.41, 5.74) is 3.00. The van der Waals surface area contributed by atoms with Crippen molar-refractivity contribution in [2.75, 3.05) is 6.61 Å². The van der Waals surface area contributed by atoms with Crippen LogP contribution in [0.4, 0.5) is 0 Å². The van der Waals surface area contributed by atoms with E-state index in [0.717, 1.165) is 16.7 Å². The number of ketones is 1. The average molecular weight is 488 g/mol. The molecule has 6 nitrogen and oxygen atoms in total. The molecule has 1 saturated carbocycles. The molecule has 0 aromatic heterocycles. The molecule has 0 spiro atoms. The van der Waals surface area contributed by atoms with Crippen LogP contribution in [0.5, 0.6) is 0 Å². The van der Waals surface area contributed by atoms with Crippen LogP contribution < -0.4 is 5.32 Å². The molecule has 1 aliphatic carbocycles. The third kappa shape index (κ3) is 7.34. The highest BCUT2D eigenvalue weighted by Gasteiger charge is 2.46. The minimum absolute atomic E-state index is 0.0427. The Morgan fingerprint density at radius 2 is 1.28 bits per heavy atom. The molecule has 0 radical (unpaired) electrons. The first-order chi connectivity index (χ1) is 17.6. The summed E-state index contributed by atoms with van der Waals surface area (Å²) in [4.78, 5) is 25.5. The van der Waals surface area contributed by atoms with E-state index < -0.39 is 18.2 Å². The number of carbonyl (C=O) groups is 2. The Labute approximate surface area is 212 Å². The van der Waals surface area contributed by atoms with Crippen molar-refractivity contribution in [1.29, 1.82) is 0 Å². The van der Waals surface area contributed by atoms with Crippen LogP contribution in [0.15, 0.2) is 91.0 Å². The van der Waals surface area contributed by atoms with E-state index in [1.54, 1.807) is 0 Å². The van der Waals surface area contributed by atoms with E-state index in [2.05, 4.69) is 5.32 Å². The third-order valence-electron chi connectivity index (χ3n) is 6.31. The van der Waals surface area contributed by atoms with Gasteiger partial charge in [0.2, 0.25) is 5.91 Å². The first-order valence-corrected chi connectivity index (χ1v) is 12.3. The molecule has 0 unspecified atom stereocenters. The van der Waals surface area contributed by atoms with Gasteiger partial charge in [-0.15, -0.1) is 0 Å². The Morgan fingerprint density at radius 1 is 0.778 bits per heavy atom. The molecule has 1 amide bonds. The first kappa shape index (κ1) is 25.8. The van der Waals surface area contributed by atoms with Crippen molar-refractivity contribution in [2.24, 2.45) is 5.92 Å². The zero-order valence-electron chi connectivity index (χ0n) is 20.5. The highest BCUT2D eigenvalue weighted by molar-refractivity contribution is 5.86.